The van der Waals surface area contributed by atoms with Crippen LogP contribution in [0.3, 0.4) is 0 Å². The quantitative estimate of drug-likeness (QED) is 0.693. The van der Waals surface area contributed by atoms with Crippen molar-refractivity contribution in [2.45, 2.75) is 18.7 Å². The summed E-state index contributed by atoms with van der Waals surface area (Å²) in [5.41, 5.74) is 3.65. The summed E-state index contributed by atoms with van der Waals surface area (Å²) < 4.78 is 27.3. The maximum absolute atomic E-state index is 12.5. The van der Waals surface area contributed by atoms with Crippen molar-refractivity contribution in [3.8, 4) is 0 Å². The van der Waals surface area contributed by atoms with E-state index in [1.165, 1.54) is 35.6 Å². The summed E-state index contributed by atoms with van der Waals surface area (Å²) in [5, 5.41) is 4.28. The van der Waals surface area contributed by atoms with Crippen LogP contribution in [0.2, 0.25) is 0 Å². The molecule has 3 rings (SSSR count). The number of hydrogen-bond acceptors (Lipinski definition) is 7. The number of hydrogen-bond donors (Lipinski definition) is 2. The third-order valence-corrected chi connectivity index (χ3v) is 5.23. The largest absolute Gasteiger partial charge is 0.321 e. The van der Waals surface area contributed by atoms with E-state index in [-0.39, 0.29) is 16.8 Å². The maximum Gasteiger partial charge on any atom is 0.275 e. The van der Waals surface area contributed by atoms with E-state index >= 15 is 0 Å². The lowest BCUT2D eigenvalue weighted by molar-refractivity contribution is 0.102. The van der Waals surface area contributed by atoms with Crippen LogP contribution in [-0.4, -0.2) is 29.3 Å². The van der Waals surface area contributed by atoms with Crippen molar-refractivity contribution in [1.82, 2.24) is 15.0 Å². The van der Waals surface area contributed by atoms with Gasteiger partial charge in [0.15, 0.2) is 0 Å². The van der Waals surface area contributed by atoms with Gasteiger partial charge in [-0.2, -0.15) is 0 Å². The van der Waals surface area contributed by atoms with Gasteiger partial charge in [0, 0.05) is 22.5 Å². The number of sulfonamides is 1. The zero-order valence-corrected chi connectivity index (χ0v) is 15.6. The van der Waals surface area contributed by atoms with E-state index < -0.39 is 10.0 Å². The Balaban J connectivity index is 1.75. The molecule has 8 nitrogen and oxygen atoms in total. The Morgan fingerprint density at radius 2 is 1.73 bits per heavy atom. The summed E-state index contributed by atoms with van der Waals surface area (Å²) in [7, 11) is -3.83. The minimum absolute atomic E-state index is 0.0170. The fourth-order valence-electron chi connectivity index (χ4n) is 2.19. The van der Waals surface area contributed by atoms with Gasteiger partial charge in [0.1, 0.15) is 5.69 Å². The Hall–Kier alpha value is -2.85. The number of carbonyl (C=O) groups is 1. The molecule has 0 aliphatic carbocycles. The van der Waals surface area contributed by atoms with E-state index in [0.29, 0.717) is 22.8 Å². The average Bonchev–Trinajstić information content (AvgIpc) is 3.08. The Morgan fingerprint density at radius 3 is 2.31 bits per heavy atom. The second-order valence-electron chi connectivity index (χ2n) is 5.43. The molecule has 1 aromatic carbocycles. The van der Waals surface area contributed by atoms with Crippen molar-refractivity contribution in [2.75, 3.05) is 10.0 Å². The van der Waals surface area contributed by atoms with Gasteiger partial charge in [0.05, 0.1) is 10.4 Å². The highest BCUT2D eigenvalue weighted by atomic mass is 32.2. The topological polar surface area (TPSA) is 114 Å². The highest BCUT2D eigenvalue weighted by Gasteiger charge is 2.16. The van der Waals surface area contributed by atoms with Gasteiger partial charge in [-0.15, -0.1) is 11.3 Å². The molecule has 0 spiro atoms. The molecule has 1 amide bonds. The van der Waals surface area contributed by atoms with Crippen molar-refractivity contribution in [1.29, 1.82) is 0 Å². The van der Waals surface area contributed by atoms with Crippen LogP contribution >= 0.6 is 11.3 Å². The summed E-state index contributed by atoms with van der Waals surface area (Å²) >= 11 is 1.32. The highest BCUT2D eigenvalue weighted by Crippen LogP contribution is 2.17. The molecule has 3 aromatic rings. The van der Waals surface area contributed by atoms with Crippen molar-refractivity contribution in [3.05, 3.63) is 58.3 Å². The molecule has 10 heteroatoms. The van der Waals surface area contributed by atoms with Crippen LogP contribution in [0.25, 0.3) is 0 Å². The lowest BCUT2D eigenvalue weighted by Crippen LogP contribution is -2.16. The van der Waals surface area contributed by atoms with Gasteiger partial charge in [-0.1, -0.05) is 0 Å². The van der Waals surface area contributed by atoms with E-state index in [1.807, 2.05) is 0 Å². The zero-order chi connectivity index (χ0) is 18.7. The standard InChI is InChI=1S/C16H15N5O3S2/c1-10-7-11(2)19-16(18-10)21-26(23,24)13-5-3-12(4-6-13)20-15(22)14-8-25-9-17-14/h3-9H,1-2H3,(H,20,22)(H,18,19,21). The number of nitrogens with zero attached hydrogens (tertiary/aromatic N) is 3. The monoisotopic (exact) mass is 389 g/mol. The molecule has 26 heavy (non-hydrogen) atoms. The predicted octanol–water partition coefficient (Wildman–Crippen LogP) is 2.60. The molecule has 2 heterocycles. The molecule has 2 N–H and O–H groups in total. The van der Waals surface area contributed by atoms with Gasteiger partial charge in [-0.25, -0.2) is 28.1 Å². The number of amides is 1. The van der Waals surface area contributed by atoms with Crippen molar-refractivity contribution >= 4 is 38.9 Å². The van der Waals surface area contributed by atoms with Gasteiger partial charge in [-0.05, 0) is 44.2 Å². The second kappa shape index (κ2) is 7.18. The summed E-state index contributed by atoms with van der Waals surface area (Å²) in [6.45, 7) is 3.51. The molecule has 0 saturated carbocycles. The van der Waals surface area contributed by atoms with E-state index in [1.54, 1.807) is 30.8 Å². The lowest BCUT2D eigenvalue weighted by atomic mass is 10.3. The van der Waals surface area contributed by atoms with Crippen molar-refractivity contribution in [3.63, 3.8) is 0 Å². The summed E-state index contributed by atoms with van der Waals surface area (Å²) in [4.78, 5) is 24.0. The highest BCUT2D eigenvalue weighted by molar-refractivity contribution is 7.92. The normalized spacial score (nSPS) is 11.2. The number of aromatic nitrogens is 3. The minimum Gasteiger partial charge on any atom is -0.321 e. The first kappa shape index (κ1) is 18.0. The van der Waals surface area contributed by atoms with Crippen LogP contribution < -0.4 is 10.0 Å². The first-order valence-corrected chi connectivity index (χ1v) is 9.91. The van der Waals surface area contributed by atoms with Crippen LogP contribution in [0.4, 0.5) is 11.6 Å². The molecule has 134 valence electrons. The number of anilines is 2. The van der Waals surface area contributed by atoms with Crippen LogP contribution in [0.5, 0.6) is 0 Å². The first-order chi connectivity index (χ1) is 12.3. The summed E-state index contributed by atoms with van der Waals surface area (Å²) in [6, 6.07) is 7.53. The Kier molecular flexibility index (Phi) is 4.96. The Morgan fingerprint density at radius 1 is 1.08 bits per heavy atom. The Labute approximate surface area is 154 Å². The molecule has 0 aliphatic heterocycles. The van der Waals surface area contributed by atoms with Crippen LogP contribution in [0.15, 0.2) is 46.1 Å². The van der Waals surface area contributed by atoms with E-state index in [9.17, 15) is 13.2 Å². The van der Waals surface area contributed by atoms with E-state index in [2.05, 4.69) is 25.0 Å². The summed E-state index contributed by atoms with van der Waals surface area (Å²) in [6.07, 6.45) is 0. The SMILES string of the molecule is Cc1cc(C)nc(NS(=O)(=O)c2ccc(NC(=O)c3cscn3)cc2)n1. The number of nitrogens with one attached hydrogen (secondary N) is 2. The molecule has 2 aromatic heterocycles. The smallest absolute Gasteiger partial charge is 0.275 e. The molecule has 0 fully saturated rings. The maximum atomic E-state index is 12.5. The van der Waals surface area contributed by atoms with Crippen LogP contribution in [-0.2, 0) is 10.0 Å². The van der Waals surface area contributed by atoms with Gasteiger partial charge in [0.25, 0.3) is 15.9 Å². The van der Waals surface area contributed by atoms with Crippen LogP contribution in [0.1, 0.15) is 21.9 Å². The van der Waals surface area contributed by atoms with Gasteiger partial charge >= 0.3 is 0 Å². The molecular weight excluding hydrogens is 374 g/mol. The third kappa shape index (κ3) is 4.21. The number of aryl methyl sites for hydroxylation is 2. The van der Waals surface area contributed by atoms with Crippen LogP contribution in [0, 0.1) is 13.8 Å². The van der Waals surface area contributed by atoms with E-state index in [0.717, 1.165) is 0 Å². The predicted molar refractivity (Wildman–Crippen MR) is 98.8 cm³/mol. The van der Waals surface area contributed by atoms with Gasteiger partial charge in [0.2, 0.25) is 5.95 Å². The first-order valence-electron chi connectivity index (χ1n) is 7.48. The van der Waals surface area contributed by atoms with Crippen molar-refractivity contribution in [2.24, 2.45) is 0 Å². The zero-order valence-electron chi connectivity index (χ0n) is 13.9. The van der Waals surface area contributed by atoms with Gasteiger partial charge in [-0.3, -0.25) is 4.79 Å². The fourth-order valence-corrected chi connectivity index (χ4v) is 3.66. The number of rotatable bonds is 5. The molecule has 0 bridgehead atoms. The van der Waals surface area contributed by atoms with Gasteiger partial charge < -0.3 is 5.32 Å². The number of benzene rings is 1. The second-order valence-corrected chi connectivity index (χ2v) is 7.83. The Bertz CT molecular complexity index is 1010. The molecule has 0 radical (unpaired) electrons. The molecule has 0 unspecified atom stereocenters. The van der Waals surface area contributed by atoms with Crippen molar-refractivity contribution < 1.29 is 13.2 Å². The lowest BCUT2D eigenvalue weighted by Gasteiger charge is -2.09. The molecule has 0 aliphatic rings. The van der Waals surface area contributed by atoms with E-state index in [4.69, 9.17) is 0 Å². The number of carbonyl (C=O) groups excluding carboxylic acids is 1. The molecule has 0 saturated heterocycles. The average molecular weight is 389 g/mol. The fraction of sp³-hybridized carbons (Fsp3) is 0.125. The summed E-state index contributed by atoms with van der Waals surface area (Å²) in [5.74, 6) is -0.341. The number of thiazole rings is 1. The molecular formula is C16H15N5O3S2. The minimum atomic E-state index is -3.83. The third-order valence-electron chi connectivity index (χ3n) is 3.30. The molecule has 0 atom stereocenters.